The van der Waals surface area contributed by atoms with Gasteiger partial charge in [-0.3, -0.25) is 9.59 Å². The van der Waals surface area contributed by atoms with Crippen molar-refractivity contribution in [1.29, 1.82) is 0 Å². The molecular weight excluding hydrogens is 746 g/mol. The van der Waals surface area contributed by atoms with Crippen molar-refractivity contribution in [2.75, 3.05) is 47.1 Å². The largest absolute Gasteiger partial charge is 0.506 e. The Bertz CT molecular complexity index is 2240. The molecule has 304 valence electrons. The zero-order valence-electron chi connectivity index (χ0n) is 32.4. The molecule has 3 aromatic carbocycles. The lowest BCUT2D eigenvalue weighted by molar-refractivity contribution is -0.328. The van der Waals surface area contributed by atoms with Gasteiger partial charge in [-0.1, -0.05) is 31.0 Å². The molecule has 5 aliphatic rings. The monoisotopic (exact) mass is 794 g/mol. The summed E-state index contributed by atoms with van der Waals surface area (Å²) < 4.78 is 24.0. The zero-order chi connectivity index (χ0) is 40.7. The Balaban J connectivity index is 1.10. The second-order valence-electron chi connectivity index (χ2n) is 15.5. The number of rotatable bonds is 14. The fraction of sp³-hybridized carbons (Fsp3) is 0.409. The summed E-state index contributed by atoms with van der Waals surface area (Å²) in [6.45, 7) is -0.551. The smallest absolute Gasteiger partial charge is 0.254 e. The van der Waals surface area contributed by atoms with Gasteiger partial charge in [0.25, 0.3) is 5.91 Å². The van der Waals surface area contributed by atoms with E-state index in [2.05, 4.69) is 10.3 Å². The van der Waals surface area contributed by atoms with E-state index in [0.29, 0.717) is 28.8 Å². The van der Waals surface area contributed by atoms with Crippen LogP contribution in [0.3, 0.4) is 0 Å². The Morgan fingerprint density at radius 1 is 1.14 bits per heavy atom. The Labute approximate surface area is 335 Å². The van der Waals surface area contributed by atoms with Crippen LogP contribution in [0.15, 0.2) is 82.0 Å². The zero-order valence-corrected chi connectivity index (χ0v) is 32.4. The maximum Gasteiger partial charge on any atom is 0.254 e. The van der Waals surface area contributed by atoms with Gasteiger partial charge in [0, 0.05) is 48.9 Å². The number of nitrogens with one attached hydrogen (secondary N) is 1. The van der Waals surface area contributed by atoms with E-state index in [1.165, 1.54) is 18.1 Å². The van der Waals surface area contributed by atoms with Gasteiger partial charge in [-0.2, -0.15) is 4.99 Å². The van der Waals surface area contributed by atoms with Gasteiger partial charge >= 0.3 is 0 Å². The summed E-state index contributed by atoms with van der Waals surface area (Å²) in [6.07, 6.45) is 4.49. The number of ketones is 1. The molecule has 58 heavy (non-hydrogen) atoms. The van der Waals surface area contributed by atoms with Crippen LogP contribution in [0.1, 0.15) is 63.4 Å². The first-order valence-electron chi connectivity index (χ1n) is 19.6. The number of amides is 1. The van der Waals surface area contributed by atoms with Gasteiger partial charge in [0.1, 0.15) is 47.7 Å². The number of ether oxygens (including phenoxy) is 4. The number of nitrogens with zero attached hydrogens (tertiary/aromatic N) is 2. The van der Waals surface area contributed by atoms with Crippen LogP contribution in [0.4, 0.5) is 0 Å². The predicted molar refractivity (Wildman–Crippen MR) is 213 cm³/mol. The van der Waals surface area contributed by atoms with Gasteiger partial charge in [0.15, 0.2) is 17.1 Å². The third-order valence-electron chi connectivity index (χ3n) is 11.8. The third kappa shape index (κ3) is 7.19. The minimum absolute atomic E-state index is 0.0209. The summed E-state index contributed by atoms with van der Waals surface area (Å²) in [6, 6.07) is 12.2. The first kappa shape index (κ1) is 39.8. The highest BCUT2D eigenvalue weighted by atomic mass is 16.7. The van der Waals surface area contributed by atoms with Gasteiger partial charge in [0.2, 0.25) is 6.29 Å². The molecular formula is C44H48N3O11+. The number of aliphatic hydroxyl groups is 4. The number of carbonyl (C=O) groups is 2. The number of carbonyl (C=O) groups excluding carboxylic acids is 2. The van der Waals surface area contributed by atoms with Crippen molar-refractivity contribution >= 4 is 28.7 Å². The summed E-state index contributed by atoms with van der Waals surface area (Å²) in [5.41, 5.74) is 3.11. The molecule has 2 fully saturated rings. The lowest BCUT2D eigenvalue weighted by atomic mass is 9.86. The predicted octanol–water partition coefficient (Wildman–Crippen LogP) is 3.24. The maximum atomic E-state index is 14.3. The second-order valence-corrected chi connectivity index (χ2v) is 15.5. The number of Topliss-reactive ketones (excluding diaryl/α,β-unsaturated/α-hetero) is 1. The summed E-state index contributed by atoms with van der Waals surface area (Å²) in [7, 11) is 3.31. The van der Waals surface area contributed by atoms with Gasteiger partial charge < -0.3 is 54.7 Å². The Hall–Kier alpha value is -5.06. The van der Waals surface area contributed by atoms with Crippen LogP contribution < -0.4 is 14.8 Å². The van der Waals surface area contributed by atoms with Gasteiger partial charge in [0.05, 0.1) is 49.6 Å². The van der Waals surface area contributed by atoms with Crippen molar-refractivity contribution in [2.24, 2.45) is 4.99 Å². The molecule has 1 saturated heterocycles. The minimum Gasteiger partial charge on any atom is -0.506 e. The summed E-state index contributed by atoms with van der Waals surface area (Å²) in [5, 5.41) is 60.3. The van der Waals surface area contributed by atoms with Crippen molar-refractivity contribution in [3.8, 4) is 17.2 Å². The van der Waals surface area contributed by atoms with E-state index in [-0.39, 0.29) is 60.6 Å². The number of fused-ring (bicyclic) bond motifs is 3. The van der Waals surface area contributed by atoms with E-state index in [0.717, 1.165) is 53.7 Å². The number of benzene rings is 3. The minimum atomic E-state index is -2.54. The average molecular weight is 795 g/mol. The molecule has 5 atom stereocenters. The van der Waals surface area contributed by atoms with Gasteiger partial charge in [-0.15, -0.1) is 0 Å². The Morgan fingerprint density at radius 3 is 2.67 bits per heavy atom. The van der Waals surface area contributed by atoms with E-state index in [9.17, 15) is 35.1 Å². The number of likely N-dealkylation sites (N-methyl/N-ethyl adjacent to an activating group) is 1. The molecule has 3 aromatic rings. The summed E-state index contributed by atoms with van der Waals surface area (Å²) >= 11 is 0. The topological polar surface area (TPSA) is 200 Å². The molecule has 2 aliphatic carbocycles. The van der Waals surface area contributed by atoms with Crippen LogP contribution in [0.25, 0.3) is 10.8 Å². The lowest BCUT2D eigenvalue weighted by Crippen LogP contribution is -2.69. The number of aromatic hydroxyl groups is 1. The highest BCUT2D eigenvalue weighted by molar-refractivity contribution is 6.11. The first-order chi connectivity index (χ1) is 28.0. The molecule has 6 N–H and O–H groups in total. The van der Waals surface area contributed by atoms with Crippen molar-refractivity contribution in [3.05, 3.63) is 106 Å². The molecule has 8 rings (SSSR count). The molecule has 3 heterocycles. The van der Waals surface area contributed by atoms with Crippen LogP contribution in [0, 0.1) is 6.42 Å². The second kappa shape index (κ2) is 16.3. The number of phenols is 1. The normalized spacial score (nSPS) is 25.5. The molecule has 0 radical (unpaired) electrons. The Kier molecular flexibility index (Phi) is 11.2. The van der Waals surface area contributed by atoms with E-state index in [1.54, 1.807) is 24.4 Å². The van der Waals surface area contributed by atoms with Crippen LogP contribution in [-0.2, 0) is 16.0 Å². The van der Waals surface area contributed by atoms with E-state index < -0.39 is 42.6 Å². The number of aliphatic imine (C=N–C) groups is 1. The first-order valence-corrected chi connectivity index (χ1v) is 19.6. The Morgan fingerprint density at radius 2 is 1.93 bits per heavy atom. The SMILES string of the molecule is CNCC1=CC=C2N=CC(COCC3OC(Oc4cc(OC)cc5cc(C6CCCC6)c(C(=O)CN6Cc7ccccc7C6=O)c(O)c45)C(O)(CO)C(O)C3O)=C2[CH+]1. The quantitative estimate of drug-likeness (QED) is 0.103. The lowest BCUT2D eigenvalue weighted by Gasteiger charge is -2.47. The number of phenolic OH excluding ortho intramolecular Hbond substituents is 1. The third-order valence-corrected chi connectivity index (χ3v) is 11.8. The molecule has 0 bridgehead atoms. The summed E-state index contributed by atoms with van der Waals surface area (Å²) in [5.74, 6) is -0.898. The molecule has 3 aliphatic heterocycles. The number of hydrogen-bond acceptors (Lipinski definition) is 13. The number of aliphatic hydroxyl groups excluding tert-OH is 3. The van der Waals surface area contributed by atoms with Gasteiger partial charge in [-0.25, -0.2) is 0 Å². The summed E-state index contributed by atoms with van der Waals surface area (Å²) in [4.78, 5) is 33.6. The van der Waals surface area contributed by atoms with Crippen LogP contribution in [-0.4, -0.2) is 126 Å². The average Bonchev–Trinajstić information content (AvgIpc) is 3.98. The highest BCUT2D eigenvalue weighted by Gasteiger charge is 2.56. The number of methoxy groups -OCH3 is 1. The molecule has 1 amide bonds. The fourth-order valence-corrected chi connectivity index (χ4v) is 8.67. The number of hydrogen-bond donors (Lipinski definition) is 6. The van der Waals surface area contributed by atoms with E-state index in [4.69, 9.17) is 18.9 Å². The molecule has 14 heteroatoms. The van der Waals surface area contributed by atoms with E-state index in [1.807, 2.05) is 43.8 Å². The molecule has 0 aromatic heterocycles. The van der Waals surface area contributed by atoms with Crippen molar-refractivity contribution in [2.45, 2.75) is 68.3 Å². The molecule has 14 nitrogen and oxygen atoms in total. The van der Waals surface area contributed by atoms with Crippen molar-refractivity contribution < 1.29 is 54.1 Å². The molecule has 1 saturated carbocycles. The van der Waals surface area contributed by atoms with Gasteiger partial charge in [-0.05, 0) is 60.5 Å². The number of allylic oxidation sites excluding steroid dienone is 3. The molecule has 0 spiro atoms. The van der Waals surface area contributed by atoms with Crippen LogP contribution in [0.5, 0.6) is 17.2 Å². The van der Waals surface area contributed by atoms with Crippen LogP contribution >= 0.6 is 0 Å². The molecule has 5 unspecified atom stereocenters. The van der Waals surface area contributed by atoms with Crippen molar-refractivity contribution in [3.63, 3.8) is 0 Å². The van der Waals surface area contributed by atoms with Crippen LogP contribution in [0.2, 0.25) is 0 Å². The highest BCUT2D eigenvalue weighted by Crippen LogP contribution is 2.47. The standard InChI is InChI=1S/C44H47N3O11/c1-45-17-24-11-12-33-31(13-24)28(18-46-33)21-56-22-36-39(50)41(52)44(54,23-48)43(58-36)57-35-16-29(55-2)14-27-15-32(25-7-3-4-8-25)38(40(51)37(27)35)34(49)20-47-19-26-9-5-6-10-30(26)42(47)53/h5-6,9-16,18,25,36,39,41,43,45,48,50,52,54H,3-4,7-8,17,19-23H2,1-2H3/p+1. The maximum absolute atomic E-state index is 14.3. The van der Waals surface area contributed by atoms with Crippen molar-refractivity contribution in [1.82, 2.24) is 10.2 Å². The fourth-order valence-electron chi connectivity index (χ4n) is 8.67. The van der Waals surface area contributed by atoms with E-state index >= 15 is 0 Å².